The Balaban J connectivity index is 1.53. The highest BCUT2D eigenvalue weighted by molar-refractivity contribution is 9.10. The third kappa shape index (κ3) is 2.97. The Kier molecular flexibility index (Phi) is 4.46. The molecule has 3 aromatic rings. The molecule has 3 heterocycles. The molecule has 1 saturated carbocycles. The molecule has 148 valence electrons. The van der Waals surface area contributed by atoms with Crippen LogP contribution in [-0.4, -0.2) is 33.0 Å². The molecular formula is C23H22BrN3O2. The van der Waals surface area contributed by atoms with E-state index in [0.717, 1.165) is 52.0 Å². The number of rotatable bonds is 4. The number of hydrogen-bond acceptors (Lipinski definition) is 3. The number of carbonyl (C=O) groups excluding carboxylic acids is 1. The fourth-order valence-corrected chi connectivity index (χ4v) is 5.25. The first-order valence-corrected chi connectivity index (χ1v) is 10.6. The number of aromatic nitrogens is 2. The second kappa shape index (κ2) is 7.02. The van der Waals surface area contributed by atoms with Crippen LogP contribution in [0.25, 0.3) is 11.1 Å². The molecule has 0 atom stereocenters. The average molecular weight is 452 g/mol. The van der Waals surface area contributed by atoms with Crippen LogP contribution >= 0.6 is 15.9 Å². The van der Waals surface area contributed by atoms with E-state index in [1.54, 1.807) is 19.5 Å². The molecule has 1 spiro atoms. The number of fused-ring (bicyclic) bond motifs is 1. The van der Waals surface area contributed by atoms with Crippen molar-refractivity contribution in [1.29, 1.82) is 0 Å². The number of halogens is 1. The van der Waals surface area contributed by atoms with Crippen LogP contribution in [0.1, 0.15) is 35.3 Å². The second-order valence-corrected chi connectivity index (χ2v) is 8.68. The topological polar surface area (TPSA) is 47.4 Å². The SMILES string of the molecule is COc1ccc(CN2C(=O)c3c(Br)c(-c4ccncc4)cn3CC23CCC3)cc1. The summed E-state index contributed by atoms with van der Waals surface area (Å²) in [6.07, 6.45) is 8.94. The quantitative estimate of drug-likeness (QED) is 0.566. The minimum absolute atomic E-state index is 0.0853. The number of carbonyl (C=O) groups is 1. The number of amides is 1. The lowest BCUT2D eigenvalue weighted by molar-refractivity contribution is -0.00969. The van der Waals surface area contributed by atoms with Gasteiger partial charge in [-0.1, -0.05) is 12.1 Å². The predicted molar refractivity (Wildman–Crippen MR) is 115 cm³/mol. The first kappa shape index (κ1) is 18.4. The smallest absolute Gasteiger partial charge is 0.272 e. The third-order valence-corrected chi connectivity index (χ3v) is 7.08. The Morgan fingerprint density at radius 3 is 2.48 bits per heavy atom. The Morgan fingerprint density at radius 2 is 1.86 bits per heavy atom. The maximum absolute atomic E-state index is 13.7. The monoisotopic (exact) mass is 451 g/mol. The van der Waals surface area contributed by atoms with Gasteiger partial charge in [0, 0.05) is 37.2 Å². The van der Waals surface area contributed by atoms with Gasteiger partial charge in [0.1, 0.15) is 11.4 Å². The van der Waals surface area contributed by atoms with Gasteiger partial charge < -0.3 is 14.2 Å². The molecule has 1 fully saturated rings. The van der Waals surface area contributed by atoms with Crippen molar-refractivity contribution < 1.29 is 9.53 Å². The fraction of sp³-hybridized carbons (Fsp3) is 0.304. The van der Waals surface area contributed by atoms with Gasteiger partial charge in [-0.25, -0.2) is 0 Å². The lowest BCUT2D eigenvalue weighted by atomic mass is 9.73. The maximum atomic E-state index is 13.7. The maximum Gasteiger partial charge on any atom is 0.272 e. The first-order valence-electron chi connectivity index (χ1n) is 9.85. The van der Waals surface area contributed by atoms with Gasteiger partial charge in [0.2, 0.25) is 0 Å². The van der Waals surface area contributed by atoms with Gasteiger partial charge in [0.15, 0.2) is 0 Å². The molecule has 5 nitrogen and oxygen atoms in total. The zero-order chi connectivity index (χ0) is 20.0. The van der Waals surface area contributed by atoms with Crippen LogP contribution in [-0.2, 0) is 13.1 Å². The van der Waals surface area contributed by atoms with Gasteiger partial charge in [0.25, 0.3) is 5.91 Å². The van der Waals surface area contributed by atoms with Crippen LogP contribution in [0.3, 0.4) is 0 Å². The number of hydrogen-bond donors (Lipinski definition) is 0. The van der Waals surface area contributed by atoms with Crippen molar-refractivity contribution in [2.75, 3.05) is 7.11 Å². The van der Waals surface area contributed by atoms with Crippen molar-refractivity contribution in [2.45, 2.75) is 37.9 Å². The Bertz CT molecular complexity index is 1060. The number of ether oxygens (including phenoxy) is 1. The van der Waals surface area contributed by atoms with E-state index in [0.29, 0.717) is 6.54 Å². The summed E-state index contributed by atoms with van der Waals surface area (Å²) in [6, 6.07) is 12.0. The summed E-state index contributed by atoms with van der Waals surface area (Å²) in [5.74, 6) is 0.926. The van der Waals surface area contributed by atoms with E-state index < -0.39 is 0 Å². The fourth-order valence-electron chi connectivity index (χ4n) is 4.52. The molecule has 1 aromatic carbocycles. The summed E-state index contributed by atoms with van der Waals surface area (Å²) in [7, 11) is 1.67. The molecule has 0 N–H and O–H groups in total. The van der Waals surface area contributed by atoms with Gasteiger partial charge in [-0.05, 0) is 70.6 Å². The van der Waals surface area contributed by atoms with E-state index in [-0.39, 0.29) is 11.4 Å². The Morgan fingerprint density at radius 1 is 1.14 bits per heavy atom. The van der Waals surface area contributed by atoms with Gasteiger partial charge in [0.05, 0.1) is 17.1 Å². The predicted octanol–water partition coefficient (Wildman–Crippen LogP) is 4.90. The molecule has 0 saturated heterocycles. The molecule has 0 radical (unpaired) electrons. The van der Waals surface area contributed by atoms with Gasteiger partial charge >= 0.3 is 0 Å². The summed E-state index contributed by atoms with van der Waals surface area (Å²) in [5.41, 5.74) is 3.87. The minimum atomic E-state index is -0.0853. The van der Waals surface area contributed by atoms with Gasteiger partial charge in [-0.3, -0.25) is 9.78 Å². The lowest BCUT2D eigenvalue weighted by Gasteiger charge is -2.53. The Hall–Kier alpha value is -2.60. The number of nitrogens with zero attached hydrogens (tertiary/aromatic N) is 3. The summed E-state index contributed by atoms with van der Waals surface area (Å²) in [5, 5.41) is 0. The number of methoxy groups -OCH3 is 1. The van der Waals surface area contributed by atoms with Crippen molar-refractivity contribution >= 4 is 21.8 Å². The van der Waals surface area contributed by atoms with E-state index in [2.05, 4.69) is 36.6 Å². The minimum Gasteiger partial charge on any atom is -0.497 e. The Labute approximate surface area is 178 Å². The van der Waals surface area contributed by atoms with E-state index in [1.165, 1.54) is 6.42 Å². The zero-order valence-corrected chi connectivity index (χ0v) is 17.9. The highest BCUT2D eigenvalue weighted by atomic mass is 79.9. The largest absolute Gasteiger partial charge is 0.497 e. The van der Waals surface area contributed by atoms with E-state index in [1.807, 2.05) is 36.4 Å². The van der Waals surface area contributed by atoms with Crippen molar-refractivity contribution in [2.24, 2.45) is 0 Å². The van der Waals surface area contributed by atoms with Crippen LogP contribution in [0.4, 0.5) is 0 Å². The summed E-state index contributed by atoms with van der Waals surface area (Å²) in [6.45, 7) is 1.46. The average Bonchev–Trinajstić information content (AvgIpc) is 3.06. The van der Waals surface area contributed by atoms with Crippen LogP contribution < -0.4 is 4.74 Å². The summed E-state index contributed by atoms with van der Waals surface area (Å²) >= 11 is 3.72. The van der Waals surface area contributed by atoms with E-state index in [4.69, 9.17) is 4.74 Å². The number of pyridine rings is 1. The lowest BCUT2D eigenvalue weighted by Crippen LogP contribution is -2.61. The molecule has 0 unspecified atom stereocenters. The van der Waals surface area contributed by atoms with Crippen LogP contribution in [0.2, 0.25) is 0 Å². The van der Waals surface area contributed by atoms with Crippen LogP contribution in [0.15, 0.2) is 59.5 Å². The highest BCUT2D eigenvalue weighted by Gasteiger charge is 2.49. The van der Waals surface area contributed by atoms with Crippen molar-refractivity contribution in [1.82, 2.24) is 14.5 Å². The summed E-state index contributed by atoms with van der Waals surface area (Å²) < 4.78 is 8.27. The molecule has 5 rings (SSSR count). The van der Waals surface area contributed by atoms with E-state index >= 15 is 0 Å². The molecule has 0 bridgehead atoms. The normalized spacial score (nSPS) is 17.2. The second-order valence-electron chi connectivity index (χ2n) is 7.89. The van der Waals surface area contributed by atoms with Gasteiger partial charge in [-0.2, -0.15) is 0 Å². The van der Waals surface area contributed by atoms with Crippen molar-refractivity contribution in [3.8, 4) is 16.9 Å². The zero-order valence-electron chi connectivity index (χ0n) is 16.3. The standard InChI is InChI=1S/C23H22BrN3O2/c1-29-18-5-3-16(4-6-18)13-27-22(28)21-20(24)19(17-7-11-25-12-8-17)14-26(21)15-23(27)9-2-10-23/h3-8,11-12,14H,2,9-10,13,15H2,1H3. The third-order valence-electron chi connectivity index (χ3n) is 6.28. The molecule has 1 aliphatic carbocycles. The molecule has 2 aromatic heterocycles. The van der Waals surface area contributed by atoms with Crippen molar-refractivity contribution in [3.63, 3.8) is 0 Å². The molecule has 6 heteroatoms. The highest BCUT2D eigenvalue weighted by Crippen LogP contribution is 2.46. The van der Waals surface area contributed by atoms with E-state index in [9.17, 15) is 4.79 Å². The van der Waals surface area contributed by atoms with Gasteiger partial charge in [-0.15, -0.1) is 0 Å². The molecule has 1 aliphatic heterocycles. The molecule has 1 amide bonds. The first-order chi connectivity index (χ1) is 14.1. The van der Waals surface area contributed by atoms with Crippen LogP contribution in [0.5, 0.6) is 5.75 Å². The van der Waals surface area contributed by atoms with Crippen molar-refractivity contribution in [3.05, 3.63) is 70.7 Å². The summed E-state index contributed by atoms with van der Waals surface area (Å²) in [4.78, 5) is 19.9. The molecule has 29 heavy (non-hydrogen) atoms. The molecule has 2 aliphatic rings. The number of benzene rings is 1. The van der Waals surface area contributed by atoms with Crippen LogP contribution in [0, 0.1) is 0 Å². The molecular weight excluding hydrogens is 430 g/mol.